The Bertz CT molecular complexity index is 1790. The van der Waals surface area contributed by atoms with E-state index in [-0.39, 0.29) is 36.4 Å². The van der Waals surface area contributed by atoms with Crippen LogP contribution in [0.2, 0.25) is 0 Å². The molecule has 4 rings (SSSR count). The Balaban J connectivity index is 0.000000290. The number of benzene rings is 4. The topological polar surface area (TPSA) is 120 Å². The minimum Gasteiger partial charge on any atom is -0.374 e. The normalized spacial score (nSPS) is 14.6. The molecule has 6 N–H and O–H groups in total. The molecule has 54 heavy (non-hydrogen) atoms. The van der Waals surface area contributed by atoms with E-state index in [0.717, 1.165) is 0 Å². The zero-order valence-corrected chi connectivity index (χ0v) is 27.8. The lowest BCUT2D eigenvalue weighted by Crippen LogP contribution is -2.48. The zero-order valence-electron chi connectivity index (χ0n) is 27.8. The quantitative estimate of drug-likeness (QED) is 0.131. The molecule has 2 unspecified atom stereocenters. The van der Waals surface area contributed by atoms with E-state index < -0.39 is 77.9 Å². The van der Waals surface area contributed by atoms with E-state index >= 15 is 0 Å². The predicted molar refractivity (Wildman–Crippen MR) is 171 cm³/mol. The van der Waals surface area contributed by atoms with E-state index in [9.17, 15) is 57.9 Å². The van der Waals surface area contributed by atoms with Crippen LogP contribution in [-0.2, 0) is 58.5 Å². The van der Waals surface area contributed by atoms with Gasteiger partial charge in [-0.25, -0.2) is 0 Å². The standard InChI is InChI=1S/C18H18F6N2O.C18H14F6N2O/c2*19-17(20,21)14-6-12(7-15(8-14)18(22,23)24)9-27-11-16(26,10-25)13-4-2-1-3-5-13/h1-8H,9-11,25-26H2;1-8H,9,11,26H2. The lowest BCUT2D eigenvalue weighted by atomic mass is 9.92. The van der Waals surface area contributed by atoms with Crippen molar-refractivity contribution in [1.82, 2.24) is 0 Å². The van der Waals surface area contributed by atoms with Gasteiger partial charge in [-0.05, 0) is 58.7 Å². The molecule has 6 nitrogen and oxygen atoms in total. The molecule has 0 fully saturated rings. The predicted octanol–water partition coefficient (Wildman–Crippen LogP) is 8.67. The van der Waals surface area contributed by atoms with Crippen LogP contribution in [0.15, 0.2) is 97.1 Å². The highest BCUT2D eigenvalue weighted by Crippen LogP contribution is 2.38. The van der Waals surface area contributed by atoms with E-state index in [2.05, 4.69) is 0 Å². The number of hydrogen-bond acceptors (Lipinski definition) is 6. The van der Waals surface area contributed by atoms with Crippen LogP contribution in [0, 0.1) is 11.3 Å². The molecule has 18 heteroatoms. The molecule has 0 aromatic heterocycles. The maximum Gasteiger partial charge on any atom is 0.416 e. The van der Waals surface area contributed by atoms with Crippen molar-refractivity contribution >= 4 is 0 Å². The highest BCUT2D eigenvalue weighted by molar-refractivity contribution is 5.35. The SMILES string of the molecule is N#CC(N)(COCc1cc(C(F)(F)F)cc(C(F)(F)F)c1)c1ccccc1.NCC(N)(COCc1cc(C(F)(F)F)cc(C(F)(F)F)c1)c1ccccc1. The first kappa shape index (κ1) is 43.7. The van der Waals surface area contributed by atoms with Crippen molar-refractivity contribution in [1.29, 1.82) is 5.26 Å². The second-order valence-corrected chi connectivity index (χ2v) is 12.0. The fraction of sp³-hybridized carbons (Fsp3) is 0.306. The number of alkyl halides is 12. The number of ether oxygens (including phenoxy) is 2. The smallest absolute Gasteiger partial charge is 0.374 e. The first-order chi connectivity index (χ1) is 24.9. The van der Waals surface area contributed by atoms with Crippen LogP contribution in [0.4, 0.5) is 52.7 Å². The Hall–Kier alpha value is -4.67. The Labute approximate surface area is 301 Å². The summed E-state index contributed by atoms with van der Waals surface area (Å²) in [5.74, 6) is 0. The summed E-state index contributed by atoms with van der Waals surface area (Å²) in [5, 5.41) is 9.28. The van der Waals surface area contributed by atoms with Crippen molar-refractivity contribution in [3.05, 3.63) is 142 Å². The van der Waals surface area contributed by atoms with Gasteiger partial charge < -0.3 is 26.7 Å². The van der Waals surface area contributed by atoms with Gasteiger partial charge in [-0.1, -0.05) is 60.7 Å². The average Bonchev–Trinajstić information content (AvgIpc) is 3.11. The second-order valence-electron chi connectivity index (χ2n) is 12.0. The molecule has 292 valence electrons. The second kappa shape index (κ2) is 17.2. The number of nitrogens with two attached hydrogens (primary N) is 3. The van der Waals surface area contributed by atoms with Gasteiger partial charge >= 0.3 is 24.7 Å². The fourth-order valence-corrected chi connectivity index (χ4v) is 4.83. The number of hydrogen-bond donors (Lipinski definition) is 3. The lowest BCUT2D eigenvalue weighted by Gasteiger charge is -2.28. The van der Waals surface area contributed by atoms with E-state index in [1.54, 1.807) is 60.7 Å². The molecule has 0 spiro atoms. The Kier molecular flexibility index (Phi) is 13.9. The van der Waals surface area contributed by atoms with E-state index in [4.69, 9.17) is 26.7 Å². The highest BCUT2D eigenvalue weighted by atomic mass is 19.4. The van der Waals surface area contributed by atoms with Gasteiger partial charge in [0.15, 0.2) is 5.54 Å². The molecule has 0 saturated carbocycles. The molecular weight excluding hydrogens is 748 g/mol. The zero-order chi connectivity index (χ0) is 40.6. The third-order valence-corrected chi connectivity index (χ3v) is 7.72. The van der Waals surface area contributed by atoms with E-state index in [1.165, 1.54) is 0 Å². The lowest BCUT2D eigenvalue weighted by molar-refractivity contribution is -0.144. The molecule has 0 saturated heterocycles. The molecule has 2 atom stereocenters. The highest BCUT2D eigenvalue weighted by Gasteiger charge is 2.38. The van der Waals surface area contributed by atoms with E-state index in [0.29, 0.717) is 35.4 Å². The van der Waals surface area contributed by atoms with Gasteiger partial charge in [0.1, 0.15) is 0 Å². The van der Waals surface area contributed by atoms with E-state index in [1.807, 2.05) is 6.07 Å². The molecule has 0 aliphatic heterocycles. The third kappa shape index (κ3) is 12.2. The summed E-state index contributed by atoms with van der Waals surface area (Å²) >= 11 is 0. The van der Waals surface area contributed by atoms with Crippen molar-refractivity contribution in [2.24, 2.45) is 17.2 Å². The Morgan fingerprint density at radius 3 is 1.13 bits per heavy atom. The van der Waals surface area contributed by atoms with Crippen molar-refractivity contribution in [2.75, 3.05) is 19.8 Å². The minimum atomic E-state index is -4.94. The van der Waals surface area contributed by atoms with Crippen LogP contribution < -0.4 is 17.2 Å². The fourth-order valence-electron chi connectivity index (χ4n) is 4.83. The molecule has 0 radical (unpaired) electrons. The summed E-state index contributed by atoms with van der Waals surface area (Å²) in [6.45, 7) is -1.65. The summed E-state index contributed by atoms with van der Waals surface area (Å²) in [6, 6.07) is 21.1. The van der Waals surface area contributed by atoms with Crippen LogP contribution >= 0.6 is 0 Å². The maximum absolute atomic E-state index is 12.9. The van der Waals surface area contributed by atoms with Crippen molar-refractivity contribution in [3.8, 4) is 6.07 Å². The van der Waals surface area contributed by atoms with Crippen LogP contribution in [0.5, 0.6) is 0 Å². The van der Waals surface area contributed by atoms with Crippen LogP contribution in [-0.4, -0.2) is 19.8 Å². The summed E-state index contributed by atoms with van der Waals surface area (Å²) in [7, 11) is 0. The van der Waals surface area contributed by atoms with Crippen molar-refractivity contribution in [3.63, 3.8) is 0 Å². The van der Waals surface area contributed by atoms with Crippen LogP contribution in [0.3, 0.4) is 0 Å². The molecule has 0 heterocycles. The summed E-state index contributed by atoms with van der Waals surface area (Å²) < 4.78 is 165. The van der Waals surface area contributed by atoms with Gasteiger partial charge in [0.05, 0.1) is 60.3 Å². The number of nitriles is 1. The molecule has 0 amide bonds. The van der Waals surface area contributed by atoms with Gasteiger partial charge in [0.25, 0.3) is 0 Å². The van der Waals surface area contributed by atoms with Gasteiger partial charge in [0, 0.05) is 6.54 Å². The molecule has 0 bridgehead atoms. The summed E-state index contributed by atoms with van der Waals surface area (Å²) in [5.41, 5.74) is 9.90. The van der Waals surface area contributed by atoms with Gasteiger partial charge in [-0.15, -0.1) is 0 Å². The monoisotopic (exact) mass is 780 g/mol. The van der Waals surface area contributed by atoms with Crippen molar-refractivity contribution < 1.29 is 62.2 Å². The van der Waals surface area contributed by atoms with Crippen LogP contribution in [0.1, 0.15) is 44.5 Å². The molecular formula is C36H32F12N4O2. The summed E-state index contributed by atoms with van der Waals surface area (Å²) in [6.07, 6.45) is -19.7. The maximum atomic E-state index is 12.9. The molecule has 4 aromatic rings. The summed E-state index contributed by atoms with van der Waals surface area (Å²) in [4.78, 5) is 0. The molecule has 4 aromatic carbocycles. The first-order valence-electron chi connectivity index (χ1n) is 15.4. The minimum absolute atomic E-state index is 0.0204. The Morgan fingerprint density at radius 1 is 0.481 bits per heavy atom. The Morgan fingerprint density at radius 2 is 0.815 bits per heavy atom. The first-order valence-corrected chi connectivity index (χ1v) is 15.4. The van der Waals surface area contributed by atoms with Gasteiger partial charge in [0.2, 0.25) is 0 Å². The van der Waals surface area contributed by atoms with Crippen molar-refractivity contribution in [2.45, 2.75) is 49.0 Å². The van der Waals surface area contributed by atoms with Crippen LogP contribution in [0.25, 0.3) is 0 Å². The average molecular weight is 781 g/mol. The van der Waals surface area contributed by atoms with Gasteiger partial charge in [-0.2, -0.15) is 57.9 Å². The third-order valence-electron chi connectivity index (χ3n) is 7.72. The molecule has 0 aliphatic rings. The molecule has 0 aliphatic carbocycles. The van der Waals surface area contributed by atoms with Gasteiger partial charge in [-0.3, -0.25) is 0 Å². The largest absolute Gasteiger partial charge is 0.416 e. The number of rotatable bonds is 11. The number of nitrogens with zero attached hydrogens (tertiary/aromatic N) is 1. The number of halogens is 12.